The minimum absolute atomic E-state index is 0.0851. The molecule has 3 aromatic carbocycles. The maximum absolute atomic E-state index is 13.6. The molecule has 0 aliphatic heterocycles. The van der Waals surface area contributed by atoms with Crippen molar-refractivity contribution in [3.8, 4) is 0 Å². The minimum atomic E-state index is -1.18. The molecule has 3 aromatic rings. The van der Waals surface area contributed by atoms with Crippen LogP contribution in [0.1, 0.15) is 102 Å². The molecular weight excluding hydrogens is 489 g/mol. The monoisotopic (exact) mass is 533 g/mol. The van der Waals surface area contributed by atoms with Crippen molar-refractivity contribution in [2.24, 2.45) is 0 Å². The summed E-state index contributed by atoms with van der Waals surface area (Å²) in [5.41, 5.74) is 4.24. The van der Waals surface area contributed by atoms with Crippen LogP contribution in [0.2, 0.25) is 0 Å². The van der Waals surface area contributed by atoms with Gasteiger partial charge in [0.15, 0.2) is 0 Å². The van der Waals surface area contributed by atoms with E-state index in [9.17, 15) is 4.21 Å². The van der Waals surface area contributed by atoms with Crippen molar-refractivity contribution in [2.45, 2.75) is 107 Å². The van der Waals surface area contributed by atoms with Crippen molar-refractivity contribution in [2.75, 3.05) is 0 Å². The fourth-order valence-corrected chi connectivity index (χ4v) is 11.2. The molecule has 0 heterocycles. The summed E-state index contributed by atoms with van der Waals surface area (Å²) in [5, 5.41) is 4.07. The second-order valence-electron chi connectivity index (χ2n) is 12.1. The Bertz CT molecular complexity index is 1190. The van der Waals surface area contributed by atoms with Crippen molar-refractivity contribution >= 4 is 35.0 Å². The molecule has 2 atom stereocenters. The van der Waals surface area contributed by atoms with Gasteiger partial charge in [0, 0.05) is 0 Å². The zero-order valence-electron chi connectivity index (χ0n) is 22.9. The van der Waals surface area contributed by atoms with Gasteiger partial charge in [-0.05, 0) is 91.0 Å². The molecule has 37 heavy (non-hydrogen) atoms. The summed E-state index contributed by atoms with van der Waals surface area (Å²) in [4.78, 5) is 0. The maximum Gasteiger partial charge on any atom is 0.0979 e. The Morgan fingerprint density at radius 3 is 1.95 bits per heavy atom. The lowest BCUT2D eigenvalue weighted by Crippen LogP contribution is -2.38. The number of rotatable bonds is 7. The maximum atomic E-state index is 13.6. The SMILES string of the molecule is CC(C)(C)S(=O)NC(c1ccc2ccccc2c1)c1ccccc1P(C1CCCCC1)C1CCCCC1. The first kappa shape index (κ1) is 27.0. The first-order valence-corrected chi connectivity index (χ1v) is 17.1. The molecule has 1 N–H and O–H groups in total. The summed E-state index contributed by atoms with van der Waals surface area (Å²) in [7, 11) is -1.44. The summed E-state index contributed by atoms with van der Waals surface area (Å²) in [5.74, 6) is 0. The normalized spacial score (nSPS) is 19.8. The van der Waals surface area contributed by atoms with Gasteiger partial charge in [-0.1, -0.05) is 107 Å². The van der Waals surface area contributed by atoms with Crippen LogP contribution in [0.3, 0.4) is 0 Å². The van der Waals surface area contributed by atoms with Gasteiger partial charge in [0.1, 0.15) is 0 Å². The van der Waals surface area contributed by atoms with Crippen LogP contribution in [0.4, 0.5) is 0 Å². The summed E-state index contributed by atoms with van der Waals surface area (Å²) < 4.78 is 16.9. The Hall–Kier alpha value is -1.54. The predicted octanol–water partition coefficient (Wildman–Crippen LogP) is 8.75. The van der Waals surface area contributed by atoms with Crippen molar-refractivity contribution in [1.29, 1.82) is 0 Å². The Morgan fingerprint density at radius 2 is 1.32 bits per heavy atom. The molecule has 2 unspecified atom stereocenters. The second-order valence-corrected chi connectivity index (χ2v) is 16.8. The van der Waals surface area contributed by atoms with Crippen LogP contribution in [-0.2, 0) is 11.0 Å². The van der Waals surface area contributed by atoms with Crippen LogP contribution in [0.15, 0.2) is 66.7 Å². The molecule has 0 saturated heterocycles. The van der Waals surface area contributed by atoms with E-state index in [-0.39, 0.29) is 18.7 Å². The highest BCUT2D eigenvalue weighted by molar-refractivity contribution is 7.84. The lowest BCUT2D eigenvalue weighted by atomic mass is 9.97. The van der Waals surface area contributed by atoms with E-state index in [2.05, 4.69) is 92.2 Å². The molecule has 2 saturated carbocycles. The molecule has 0 amide bonds. The van der Waals surface area contributed by atoms with Crippen molar-refractivity contribution in [3.63, 3.8) is 0 Å². The quantitative estimate of drug-likeness (QED) is 0.302. The summed E-state index contributed by atoms with van der Waals surface area (Å²) in [6.07, 6.45) is 13.9. The van der Waals surface area contributed by atoms with E-state index in [1.54, 1.807) is 5.30 Å². The van der Waals surface area contributed by atoms with E-state index in [1.807, 2.05) is 0 Å². The van der Waals surface area contributed by atoms with Crippen LogP contribution >= 0.6 is 7.92 Å². The third kappa shape index (κ3) is 6.38. The molecule has 2 aliphatic carbocycles. The van der Waals surface area contributed by atoms with Gasteiger partial charge in [0.2, 0.25) is 0 Å². The Balaban J connectivity index is 1.62. The third-order valence-electron chi connectivity index (χ3n) is 8.35. The molecule has 198 valence electrons. The second kappa shape index (κ2) is 12.1. The number of nitrogens with one attached hydrogen (secondary N) is 1. The van der Waals surface area contributed by atoms with Gasteiger partial charge in [0.25, 0.3) is 0 Å². The largest absolute Gasteiger partial charge is 0.242 e. The summed E-state index contributed by atoms with van der Waals surface area (Å²) in [6, 6.07) is 24.5. The average Bonchev–Trinajstić information content (AvgIpc) is 2.92. The highest BCUT2D eigenvalue weighted by Gasteiger charge is 2.35. The van der Waals surface area contributed by atoms with Gasteiger partial charge >= 0.3 is 0 Å². The van der Waals surface area contributed by atoms with E-state index in [0.29, 0.717) is 0 Å². The van der Waals surface area contributed by atoms with Crippen LogP contribution < -0.4 is 10.0 Å². The molecule has 0 spiro atoms. The van der Waals surface area contributed by atoms with Crippen molar-refractivity contribution in [3.05, 3.63) is 77.9 Å². The number of fused-ring (bicyclic) bond motifs is 1. The Morgan fingerprint density at radius 1 is 0.757 bits per heavy atom. The molecule has 4 heteroatoms. The Kier molecular flexibility index (Phi) is 8.85. The number of benzene rings is 3. The van der Waals surface area contributed by atoms with Crippen molar-refractivity contribution in [1.82, 2.24) is 4.72 Å². The fourth-order valence-electron chi connectivity index (χ4n) is 6.36. The minimum Gasteiger partial charge on any atom is -0.242 e. The molecule has 2 nitrogen and oxygen atoms in total. The standard InChI is InChI=1S/C33H44NOPS/c1-33(2,3)37(35)34-32(27-23-22-25-14-10-11-15-26(25)24-27)30-20-12-13-21-31(30)36(28-16-6-4-7-17-28)29-18-8-5-9-19-29/h10-15,20-24,28-29,32,34H,4-9,16-19H2,1-3H3. The van der Waals surface area contributed by atoms with Gasteiger partial charge in [0.05, 0.1) is 21.8 Å². The first-order valence-electron chi connectivity index (χ1n) is 14.5. The van der Waals surface area contributed by atoms with Crippen LogP contribution in [-0.4, -0.2) is 20.3 Å². The van der Waals surface area contributed by atoms with Gasteiger partial charge < -0.3 is 0 Å². The smallest absolute Gasteiger partial charge is 0.0979 e. The summed E-state index contributed by atoms with van der Waals surface area (Å²) in [6.45, 7) is 6.20. The number of hydrogen-bond acceptors (Lipinski definition) is 1. The molecule has 0 bridgehead atoms. The molecule has 0 aromatic heterocycles. The van der Waals surface area contributed by atoms with Gasteiger partial charge in [-0.3, -0.25) is 0 Å². The molecule has 2 aliphatic rings. The highest BCUT2D eigenvalue weighted by atomic mass is 32.2. The zero-order chi connectivity index (χ0) is 25.8. The third-order valence-corrected chi connectivity index (χ3v) is 13.5. The van der Waals surface area contributed by atoms with Gasteiger partial charge in [-0.2, -0.15) is 0 Å². The molecule has 5 rings (SSSR count). The van der Waals surface area contributed by atoms with E-state index in [1.165, 1.54) is 86.1 Å². The van der Waals surface area contributed by atoms with E-state index >= 15 is 0 Å². The average molecular weight is 534 g/mol. The highest BCUT2D eigenvalue weighted by Crippen LogP contribution is 2.56. The van der Waals surface area contributed by atoms with E-state index < -0.39 is 11.0 Å². The van der Waals surface area contributed by atoms with Crippen LogP contribution in [0, 0.1) is 0 Å². The lowest BCUT2D eigenvalue weighted by molar-refractivity contribution is 0.487. The van der Waals surface area contributed by atoms with Crippen LogP contribution in [0.5, 0.6) is 0 Å². The molecule has 2 fully saturated rings. The number of hydrogen-bond donors (Lipinski definition) is 1. The summed E-state index contributed by atoms with van der Waals surface area (Å²) >= 11 is 0. The predicted molar refractivity (Wildman–Crippen MR) is 164 cm³/mol. The topological polar surface area (TPSA) is 29.1 Å². The molecular formula is C33H44NOPS. The van der Waals surface area contributed by atoms with Crippen LogP contribution in [0.25, 0.3) is 10.8 Å². The van der Waals surface area contributed by atoms with E-state index in [4.69, 9.17) is 0 Å². The zero-order valence-corrected chi connectivity index (χ0v) is 24.6. The van der Waals surface area contributed by atoms with Gasteiger partial charge in [-0.25, -0.2) is 8.93 Å². The molecule has 0 radical (unpaired) electrons. The lowest BCUT2D eigenvalue weighted by Gasteiger charge is -2.40. The van der Waals surface area contributed by atoms with E-state index in [0.717, 1.165) is 11.3 Å². The van der Waals surface area contributed by atoms with Crippen molar-refractivity contribution < 1.29 is 4.21 Å². The first-order chi connectivity index (χ1) is 17.9. The fraction of sp³-hybridized carbons (Fsp3) is 0.515. The van der Waals surface area contributed by atoms with Gasteiger partial charge in [-0.15, -0.1) is 0 Å². The Labute approximate surface area is 228 Å².